The van der Waals surface area contributed by atoms with E-state index in [2.05, 4.69) is 22.4 Å². The predicted molar refractivity (Wildman–Crippen MR) is 112 cm³/mol. The highest BCUT2D eigenvalue weighted by Gasteiger charge is 2.11. The number of carbonyl (C=O) groups excluding carboxylic acids is 1. The van der Waals surface area contributed by atoms with Crippen LogP contribution in [-0.2, 0) is 0 Å². The number of hydrazone groups is 1. The van der Waals surface area contributed by atoms with Gasteiger partial charge in [-0.3, -0.25) is 4.79 Å². The van der Waals surface area contributed by atoms with Crippen molar-refractivity contribution in [2.24, 2.45) is 11.0 Å². The molecule has 1 atom stereocenters. The van der Waals surface area contributed by atoms with Crippen LogP contribution in [0.2, 0.25) is 0 Å². The van der Waals surface area contributed by atoms with Gasteiger partial charge in [-0.2, -0.15) is 5.10 Å². The van der Waals surface area contributed by atoms with E-state index in [9.17, 15) is 4.79 Å². The van der Waals surface area contributed by atoms with Gasteiger partial charge < -0.3 is 4.90 Å². The zero-order valence-corrected chi connectivity index (χ0v) is 16.2. The van der Waals surface area contributed by atoms with E-state index in [1.807, 2.05) is 74.8 Å². The molecular formula is C21H26ClN3O. The first-order valence-corrected chi connectivity index (χ1v) is 8.37. The SMILES string of the molecule is CC(CN(C)C)C(C=Cc1ccccc1)=NNC(=O)c1ccccc1.Cl. The molecule has 5 heteroatoms. The maximum absolute atomic E-state index is 12.2. The Kier molecular flexibility index (Phi) is 9.34. The summed E-state index contributed by atoms with van der Waals surface area (Å²) in [7, 11) is 4.05. The van der Waals surface area contributed by atoms with Gasteiger partial charge in [0, 0.05) is 18.0 Å². The van der Waals surface area contributed by atoms with Gasteiger partial charge in [-0.25, -0.2) is 5.43 Å². The molecule has 0 aliphatic rings. The third kappa shape index (κ3) is 7.21. The molecular weight excluding hydrogens is 346 g/mol. The molecule has 0 spiro atoms. The predicted octanol–water partition coefficient (Wildman–Crippen LogP) is 4.11. The maximum atomic E-state index is 12.2. The second kappa shape index (κ2) is 11.2. The molecule has 0 bridgehead atoms. The molecule has 1 amide bonds. The first kappa shape index (κ1) is 21.6. The van der Waals surface area contributed by atoms with Crippen LogP contribution < -0.4 is 5.43 Å². The summed E-state index contributed by atoms with van der Waals surface area (Å²) in [6.07, 6.45) is 3.98. The van der Waals surface area contributed by atoms with Crippen LogP contribution in [0.15, 0.2) is 71.8 Å². The summed E-state index contributed by atoms with van der Waals surface area (Å²) in [6.45, 7) is 2.95. The Labute approximate surface area is 162 Å². The highest BCUT2D eigenvalue weighted by molar-refractivity contribution is 6.01. The zero-order valence-electron chi connectivity index (χ0n) is 15.4. The number of rotatable bonds is 7. The molecule has 0 fully saturated rings. The van der Waals surface area contributed by atoms with Gasteiger partial charge >= 0.3 is 0 Å². The van der Waals surface area contributed by atoms with Crippen LogP contribution in [0.25, 0.3) is 6.08 Å². The average Bonchev–Trinajstić information content (AvgIpc) is 2.62. The highest BCUT2D eigenvalue weighted by Crippen LogP contribution is 2.07. The standard InChI is InChI=1S/C21H25N3O.ClH/c1-17(16-24(2)3)20(15-14-18-10-6-4-7-11-18)22-23-21(25)19-12-8-5-9-13-19;/h4-15,17H,16H2,1-3H3,(H,23,25);1H. The van der Waals surface area contributed by atoms with E-state index < -0.39 is 0 Å². The molecule has 0 radical (unpaired) electrons. The van der Waals surface area contributed by atoms with Gasteiger partial charge in [0.15, 0.2) is 0 Å². The Morgan fingerprint density at radius 1 is 1.08 bits per heavy atom. The maximum Gasteiger partial charge on any atom is 0.271 e. The van der Waals surface area contributed by atoms with E-state index in [0.717, 1.165) is 17.8 Å². The van der Waals surface area contributed by atoms with Gasteiger partial charge in [-0.05, 0) is 37.9 Å². The first-order chi connectivity index (χ1) is 12.1. The van der Waals surface area contributed by atoms with Crippen LogP contribution in [0.4, 0.5) is 0 Å². The summed E-state index contributed by atoms with van der Waals surface area (Å²) in [5, 5.41) is 4.37. The number of hydrogen-bond acceptors (Lipinski definition) is 3. The van der Waals surface area contributed by atoms with Gasteiger partial charge in [0.1, 0.15) is 0 Å². The number of halogens is 1. The largest absolute Gasteiger partial charge is 0.309 e. The van der Waals surface area contributed by atoms with Crippen LogP contribution in [0.1, 0.15) is 22.8 Å². The molecule has 1 N–H and O–H groups in total. The minimum absolute atomic E-state index is 0. The summed E-state index contributed by atoms with van der Waals surface area (Å²) in [5.41, 5.74) is 5.20. The number of nitrogens with one attached hydrogen (secondary N) is 1. The summed E-state index contributed by atoms with van der Waals surface area (Å²) < 4.78 is 0. The van der Waals surface area contributed by atoms with Gasteiger partial charge in [0.2, 0.25) is 0 Å². The normalized spacial score (nSPS) is 12.7. The summed E-state index contributed by atoms with van der Waals surface area (Å²) in [4.78, 5) is 14.3. The molecule has 1 unspecified atom stereocenters. The van der Waals surface area contributed by atoms with Crippen molar-refractivity contribution in [3.63, 3.8) is 0 Å². The van der Waals surface area contributed by atoms with Crippen molar-refractivity contribution in [2.45, 2.75) is 6.92 Å². The lowest BCUT2D eigenvalue weighted by Gasteiger charge is -2.17. The van der Waals surface area contributed by atoms with Crippen LogP contribution >= 0.6 is 12.4 Å². The van der Waals surface area contributed by atoms with Crippen molar-refractivity contribution in [1.82, 2.24) is 10.3 Å². The minimum Gasteiger partial charge on any atom is -0.309 e. The lowest BCUT2D eigenvalue weighted by molar-refractivity contribution is 0.0954. The fourth-order valence-corrected chi connectivity index (χ4v) is 2.47. The monoisotopic (exact) mass is 371 g/mol. The Balaban J connectivity index is 0.00000338. The van der Waals surface area contributed by atoms with Crippen molar-refractivity contribution in [1.29, 1.82) is 0 Å². The molecule has 4 nitrogen and oxygen atoms in total. The van der Waals surface area contributed by atoms with E-state index >= 15 is 0 Å². The molecule has 0 saturated carbocycles. The summed E-state index contributed by atoms with van der Waals surface area (Å²) in [5.74, 6) is -0.0192. The van der Waals surface area contributed by atoms with Crippen LogP contribution in [0.3, 0.4) is 0 Å². The van der Waals surface area contributed by atoms with Gasteiger partial charge in [0.25, 0.3) is 5.91 Å². The van der Waals surface area contributed by atoms with Crippen LogP contribution in [-0.4, -0.2) is 37.2 Å². The van der Waals surface area contributed by atoms with Crippen molar-refractivity contribution >= 4 is 30.1 Å². The Morgan fingerprint density at radius 2 is 1.65 bits per heavy atom. The molecule has 0 aliphatic carbocycles. The first-order valence-electron chi connectivity index (χ1n) is 8.37. The smallest absolute Gasteiger partial charge is 0.271 e. The number of nitrogens with zero attached hydrogens (tertiary/aromatic N) is 2. The Bertz CT molecular complexity index is 727. The van der Waals surface area contributed by atoms with Crippen LogP contribution in [0, 0.1) is 5.92 Å². The fourth-order valence-electron chi connectivity index (χ4n) is 2.47. The zero-order chi connectivity index (χ0) is 18.1. The molecule has 2 aromatic rings. The second-order valence-corrected chi connectivity index (χ2v) is 6.25. The summed E-state index contributed by atoms with van der Waals surface area (Å²) >= 11 is 0. The number of benzene rings is 2. The molecule has 26 heavy (non-hydrogen) atoms. The van der Waals surface area contributed by atoms with Gasteiger partial charge in [0.05, 0.1) is 5.71 Å². The lowest BCUT2D eigenvalue weighted by atomic mass is 10.0. The third-order valence-electron chi connectivity index (χ3n) is 3.71. The number of carbonyl (C=O) groups is 1. The second-order valence-electron chi connectivity index (χ2n) is 6.25. The van der Waals surface area contributed by atoms with E-state index in [4.69, 9.17) is 0 Å². The molecule has 138 valence electrons. The Hall–Kier alpha value is -2.43. The lowest BCUT2D eigenvalue weighted by Crippen LogP contribution is -2.27. The number of allylic oxidation sites excluding steroid dienone is 1. The van der Waals surface area contributed by atoms with Crippen molar-refractivity contribution in [3.8, 4) is 0 Å². The quantitative estimate of drug-likeness (QED) is 0.588. The highest BCUT2D eigenvalue weighted by atomic mass is 35.5. The van der Waals surface area contributed by atoms with E-state index in [1.54, 1.807) is 12.1 Å². The topological polar surface area (TPSA) is 44.7 Å². The third-order valence-corrected chi connectivity index (χ3v) is 3.71. The molecule has 2 rings (SSSR count). The van der Waals surface area contributed by atoms with Crippen molar-refractivity contribution in [3.05, 3.63) is 77.9 Å². The summed E-state index contributed by atoms with van der Waals surface area (Å²) in [6, 6.07) is 19.1. The van der Waals surface area contributed by atoms with E-state index in [1.165, 1.54) is 0 Å². The minimum atomic E-state index is -0.205. The average molecular weight is 372 g/mol. The van der Waals surface area contributed by atoms with E-state index in [0.29, 0.717) is 5.56 Å². The van der Waals surface area contributed by atoms with Crippen molar-refractivity contribution < 1.29 is 4.79 Å². The number of amides is 1. The molecule has 0 aromatic heterocycles. The molecule has 0 saturated heterocycles. The Morgan fingerprint density at radius 3 is 2.23 bits per heavy atom. The van der Waals surface area contributed by atoms with Gasteiger partial charge in [-0.15, -0.1) is 12.4 Å². The van der Waals surface area contributed by atoms with Crippen molar-refractivity contribution in [2.75, 3.05) is 20.6 Å². The molecule has 0 heterocycles. The van der Waals surface area contributed by atoms with Gasteiger partial charge in [-0.1, -0.05) is 61.5 Å². The van der Waals surface area contributed by atoms with E-state index in [-0.39, 0.29) is 24.2 Å². The molecule has 0 aliphatic heterocycles. The fraction of sp³-hybridized carbons (Fsp3) is 0.238. The van der Waals surface area contributed by atoms with Crippen LogP contribution in [0.5, 0.6) is 0 Å². The molecule has 2 aromatic carbocycles. The number of hydrogen-bond donors (Lipinski definition) is 1.